The van der Waals surface area contributed by atoms with Gasteiger partial charge in [-0.2, -0.15) is 0 Å². The van der Waals surface area contributed by atoms with Crippen molar-refractivity contribution in [2.45, 2.75) is 25.3 Å². The average molecular weight is 244 g/mol. The molecule has 0 aliphatic carbocycles. The third kappa shape index (κ3) is 6.88. The molecule has 8 nitrogen and oxygen atoms in total. The van der Waals surface area contributed by atoms with E-state index in [1.165, 1.54) is 7.05 Å². The second kappa shape index (κ2) is 7.20. The Morgan fingerprint density at radius 3 is 2.06 bits per heavy atom. The fourth-order valence-electron chi connectivity index (χ4n) is 1.09. The first-order chi connectivity index (χ1) is 7.86. The minimum absolute atomic E-state index is 0.122. The Kier molecular flexibility index (Phi) is 6.30. The first-order valence-electron chi connectivity index (χ1n) is 4.94. The minimum Gasteiger partial charge on any atom is -0.370 e. The van der Waals surface area contributed by atoms with Gasteiger partial charge in [0, 0.05) is 19.9 Å². The molecule has 1 atom stereocenters. The van der Waals surface area contributed by atoms with Gasteiger partial charge in [0.15, 0.2) is 0 Å². The summed E-state index contributed by atoms with van der Waals surface area (Å²) in [5.74, 6) is -2.41. The van der Waals surface area contributed by atoms with E-state index in [-0.39, 0.29) is 19.3 Å². The number of primary amides is 2. The van der Waals surface area contributed by atoms with Crippen molar-refractivity contribution in [2.75, 3.05) is 7.05 Å². The first kappa shape index (κ1) is 14.9. The predicted molar refractivity (Wildman–Crippen MR) is 58.2 cm³/mol. The van der Waals surface area contributed by atoms with Crippen LogP contribution in [0.4, 0.5) is 0 Å². The number of hydrogen-bond acceptors (Lipinski definition) is 4. The number of carbonyl (C=O) groups is 4. The number of amides is 4. The maximum atomic E-state index is 11.3. The third-order valence-corrected chi connectivity index (χ3v) is 1.90. The third-order valence-electron chi connectivity index (χ3n) is 1.90. The highest BCUT2D eigenvalue weighted by Crippen LogP contribution is 1.95. The van der Waals surface area contributed by atoms with Crippen LogP contribution in [0.2, 0.25) is 0 Å². The van der Waals surface area contributed by atoms with Crippen molar-refractivity contribution in [3.63, 3.8) is 0 Å². The molecule has 0 saturated carbocycles. The zero-order chi connectivity index (χ0) is 13.4. The molecule has 0 heterocycles. The fourth-order valence-corrected chi connectivity index (χ4v) is 1.09. The fraction of sp³-hybridized carbons (Fsp3) is 0.556. The Morgan fingerprint density at radius 1 is 1.06 bits per heavy atom. The standard InChI is InChI=1S/C9H16N4O4/c1-12-9(17)5(4-7(11)15)13-8(16)3-2-6(10)14/h5H,2-4H2,1H3,(H2,10,14)(H2,11,15)(H,12,17)(H,13,16)/t5-/m0/s1. The molecular formula is C9H16N4O4. The Hall–Kier alpha value is -2.12. The topological polar surface area (TPSA) is 144 Å². The van der Waals surface area contributed by atoms with Gasteiger partial charge in [0.05, 0.1) is 6.42 Å². The lowest BCUT2D eigenvalue weighted by molar-refractivity contribution is -0.131. The summed E-state index contributed by atoms with van der Waals surface area (Å²) in [6.45, 7) is 0. The minimum atomic E-state index is -1.03. The molecule has 0 aromatic heterocycles. The van der Waals surface area contributed by atoms with E-state index in [2.05, 4.69) is 10.6 Å². The summed E-state index contributed by atoms with van der Waals surface area (Å²) >= 11 is 0. The van der Waals surface area contributed by atoms with E-state index in [1.807, 2.05) is 0 Å². The summed E-state index contributed by atoms with van der Waals surface area (Å²) in [6, 6.07) is -1.03. The van der Waals surface area contributed by atoms with Crippen LogP contribution in [0, 0.1) is 0 Å². The zero-order valence-electron chi connectivity index (χ0n) is 9.49. The Labute approximate surface area is 98.1 Å². The van der Waals surface area contributed by atoms with Gasteiger partial charge in [0.2, 0.25) is 23.6 Å². The first-order valence-corrected chi connectivity index (χ1v) is 4.94. The van der Waals surface area contributed by atoms with Gasteiger partial charge < -0.3 is 22.1 Å². The lowest BCUT2D eigenvalue weighted by Crippen LogP contribution is -2.47. The van der Waals surface area contributed by atoms with Gasteiger partial charge in [0.25, 0.3) is 0 Å². The van der Waals surface area contributed by atoms with Crippen LogP contribution in [0.3, 0.4) is 0 Å². The molecule has 0 aromatic carbocycles. The number of nitrogens with one attached hydrogen (secondary N) is 2. The quantitative estimate of drug-likeness (QED) is 0.388. The summed E-state index contributed by atoms with van der Waals surface area (Å²) in [6.07, 6.45) is -0.563. The number of likely N-dealkylation sites (N-methyl/N-ethyl adjacent to an activating group) is 1. The average Bonchev–Trinajstić information content (AvgIpc) is 2.23. The van der Waals surface area contributed by atoms with Gasteiger partial charge in [-0.3, -0.25) is 19.2 Å². The summed E-state index contributed by atoms with van der Waals surface area (Å²) in [7, 11) is 1.37. The van der Waals surface area contributed by atoms with Crippen LogP contribution in [0.1, 0.15) is 19.3 Å². The second-order valence-corrected chi connectivity index (χ2v) is 3.37. The maximum Gasteiger partial charge on any atom is 0.242 e. The molecule has 8 heteroatoms. The van der Waals surface area contributed by atoms with Gasteiger partial charge >= 0.3 is 0 Å². The summed E-state index contributed by atoms with van der Waals surface area (Å²) in [5.41, 5.74) is 9.81. The molecule has 96 valence electrons. The second-order valence-electron chi connectivity index (χ2n) is 3.37. The molecule has 0 rings (SSSR count). The summed E-state index contributed by atoms with van der Waals surface area (Å²) in [4.78, 5) is 43.7. The van der Waals surface area contributed by atoms with E-state index in [4.69, 9.17) is 11.5 Å². The van der Waals surface area contributed by atoms with Crippen molar-refractivity contribution < 1.29 is 19.2 Å². The van der Waals surface area contributed by atoms with Crippen LogP contribution >= 0.6 is 0 Å². The number of nitrogens with two attached hydrogens (primary N) is 2. The molecule has 17 heavy (non-hydrogen) atoms. The Morgan fingerprint density at radius 2 is 1.65 bits per heavy atom. The molecule has 0 fully saturated rings. The summed E-state index contributed by atoms with van der Waals surface area (Å²) < 4.78 is 0. The summed E-state index contributed by atoms with van der Waals surface area (Å²) in [5, 5.41) is 4.58. The van der Waals surface area contributed by atoms with Crippen molar-refractivity contribution in [1.29, 1.82) is 0 Å². The largest absolute Gasteiger partial charge is 0.370 e. The van der Waals surface area contributed by atoms with Crippen molar-refractivity contribution in [1.82, 2.24) is 10.6 Å². The predicted octanol–water partition coefficient (Wildman–Crippen LogP) is -2.64. The molecular weight excluding hydrogens is 228 g/mol. The lowest BCUT2D eigenvalue weighted by atomic mass is 10.1. The van der Waals surface area contributed by atoms with Crippen molar-refractivity contribution in [2.24, 2.45) is 11.5 Å². The molecule has 0 saturated heterocycles. The van der Waals surface area contributed by atoms with Crippen LogP contribution < -0.4 is 22.1 Å². The highest BCUT2D eigenvalue weighted by Gasteiger charge is 2.21. The van der Waals surface area contributed by atoms with E-state index >= 15 is 0 Å². The molecule has 0 aliphatic rings. The van der Waals surface area contributed by atoms with Gasteiger partial charge in [-0.15, -0.1) is 0 Å². The number of carbonyl (C=O) groups excluding carboxylic acids is 4. The molecule has 0 spiro atoms. The van der Waals surface area contributed by atoms with Crippen LogP contribution in [0.25, 0.3) is 0 Å². The van der Waals surface area contributed by atoms with E-state index in [0.29, 0.717) is 0 Å². The number of hydrogen-bond donors (Lipinski definition) is 4. The van der Waals surface area contributed by atoms with Crippen LogP contribution in [0.5, 0.6) is 0 Å². The van der Waals surface area contributed by atoms with Crippen molar-refractivity contribution in [3.05, 3.63) is 0 Å². The highest BCUT2D eigenvalue weighted by molar-refractivity contribution is 5.92. The normalized spacial score (nSPS) is 11.4. The number of rotatable bonds is 7. The molecule has 0 aromatic rings. The van der Waals surface area contributed by atoms with E-state index < -0.39 is 29.7 Å². The lowest BCUT2D eigenvalue weighted by Gasteiger charge is -2.15. The van der Waals surface area contributed by atoms with E-state index in [0.717, 1.165) is 0 Å². The van der Waals surface area contributed by atoms with Crippen LogP contribution in [-0.4, -0.2) is 36.7 Å². The van der Waals surface area contributed by atoms with Crippen LogP contribution in [0.15, 0.2) is 0 Å². The van der Waals surface area contributed by atoms with Gasteiger partial charge in [-0.05, 0) is 0 Å². The Bertz CT molecular complexity index is 329. The smallest absolute Gasteiger partial charge is 0.242 e. The van der Waals surface area contributed by atoms with E-state index in [1.54, 1.807) is 0 Å². The van der Waals surface area contributed by atoms with Gasteiger partial charge in [-0.25, -0.2) is 0 Å². The molecule has 0 aliphatic heterocycles. The maximum absolute atomic E-state index is 11.3. The molecule has 4 amide bonds. The van der Waals surface area contributed by atoms with Gasteiger partial charge in [-0.1, -0.05) is 0 Å². The van der Waals surface area contributed by atoms with Crippen molar-refractivity contribution >= 4 is 23.6 Å². The molecule has 0 radical (unpaired) electrons. The SMILES string of the molecule is CNC(=O)[C@H](CC(N)=O)NC(=O)CCC(N)=O. The molecule has 0 unspecified atom stereocenters. The highest BCUT2D eigenvalue weighted by atomic mass is 16.2. The molecule has 6 N–H and O–H groups in total. The zero-order valence-corrected chi connectivity index (χ0v) is 9.49. The van der Waals surface area contributed by atoms with Crippen LogP contribution in [-0.2, 0) is 19.2 Å². The molecule has 0 bridgehead atoms. The monoisotopic (exact) mass is 244 g/mol. The van der Waals surface area contributed by atoms with E-state index in [9.17, 15) is 19.2 Å². The Balaban J connectivity index is 4.32. The van der Waals surface area contributed by atoms with Gasteiger partial charge in [0.1, 0.15) is 6.04 Å². The van der Waals surface area contributed by atoms with Crippen molar-refractivity contribution in [3.8, 4) is 0 Å².